The summed E-state index contributed by atoms with van der Waals surface area (Å²) in [6.45, 7) is 1.56. The molecule has 3 rings (SSSR count). The predicted molar refractivity (Wildman–Crippen MR) is 85.7 cm³/mol. The Balaban J connectivity index is 0.00000169. The summed E-state index contributed by atoms with van der Waals surface area (Å²) >= 11 is 0. The van der Waals surface area contributed by atoms with E-state index in [1.165, 1.54) is 49.1 Å². The molecule has 3 heterocycles. The van der Waals surface area contributed by atoms with E-state index in [0.717, 1.165) is 3.97 Å². The molecule has 0 aliphatic rings. The first-order valence-electron chi connectivity index (χ1n) is 6.90. The molecule has 0 aliphatic carbocycles. The monoisotopic (exact) mass is 369 g/mol. The Hall–Kier alpha value is -1.87. The van der Waals surface area contributed by atoms with Crippen LogP contribution in [0.1, 0.15) is 17.3 Å². The molecule has 3 aromatic heterocycles. The number of hydrogen-bond acceptors (Lipinski definition) is 5. The van der Waals surface area contributed by atoms with Crippen LogP contribution in [0.2, 0.25) is 0 Å². The van der Waals surface area contributed by atoms with Crippen molar-refractivity contribution in [1.82, 2.24) is 13.9 Å². The largest absolute Gasteiger partial charge is 1.00 e. The quantitative estimate of drug-likeness (QED) is 0.354. The second-order valence-corrected chi connectivity index (χ2v) is 6.82. The van der Waals surface area contributed by atoms with Gasteiger partial charge < -0.3 is 1.43 Å². The van der Waals surface area contributed by atoms with Gasteiger partial charge in [-0.05, 0) is 36.8 Å². The van der Waals surface area contributed by atoms with Gasteiger partial charge in [0.2, 0.25) is 5.95 Å². The van der Waals surface area contributed by atoms with E-state index in [2.05, 4.69) is 9.97 Å². The summed E-state index contributed by atoms with van der Waals surface area (Å²) in [5.74, 6) is -0.821. The van der Waals surface area contributed by atoms with Gasteiger partial charge in [0, 0.05) is 30.4 Å². The summed E-state index contributed by atoms with van der Waals surface area (Å²) < 4.78 is 40.8. The smallest absolute Gasteiger partial charge is 1.00 e. The van der Waals surface area contributed by atoms with E-state index in [1.54, 1.807) is 6.92 Å². The third-order valence-corrected chi connectivity index (χ3v) is 5.24. The zero-order valence-electron chi connectivity index (χ0n) is 14.5. The van der Waals surface area contributed by atoms with Gasteiger partial charge in [-0.3, -0.25) is 9.78 Å². The van der Waals surface area contributed by atoms with Gasteiger partial charge in [-0.1, -0.05) is 0 Å². The Bertz CT molecular complexity index is 1030. The Kier molecular flexibility index (Phi) is 5.89. The van der Waals surface area contributed by atoms with Crippen LogP contribution in [0, 0.1) is 12.9 Å². The van der Waals surface area contributed by atoms with Gasteiger partial charge in [0.25, 0.3) is 10.0 Å². The van der Waals surface area contributed by atoms with Crippen molar-refractivity contribution in [2.24, 2.45) is 0 Å². The molecule has 3 aromatic rings. The van der Waals surface area contributed by atoms with Crippen molar-refractivity contribution < 1.29 is 48.6 Å². The second kappa shape index (κ2) is 7.57. The van der Waals surface area contributed by atoms with Gasteiger partial charge in [0.05, 0.1) is 11.3 Å². The molecule has 25 heavy (non-hydrogen) atoms. The van der Waals surface area contributed by atoms with Crippen LogP contribution in [0.5, 0.6) is 0 Å². The standard InChI is InChI=1S/C16H12FN3O3S.Na.H/c1-11-12(10-21)9-20(15(11)14-5-3-7-19-16(14)17)24(22,23)13-4-2-6-18-8-13;;/h2-10H,1H3;;/q;+1;-1. The maximum atomic E-state index is 14.1. The second-order valence-electron chi connectivity index (χ2n) is 5.01. The molecule has 124 valence electrons. The molecule has 0 saturated heterocycles. The summed E-state index contributed by atoms with van der Waals surface area (Å²) in [5.41, 5.74) is 0.562. The SMILES string of the molecule is Cc1c(C=O)cn(S(=O)(=O)c2cccnc2)c1-c1cccnc1F.[H-].[Na+]. The average molecular weight is 369 g/mol. The van der Waals surface area contributed by atoms with Gasteiger partial charge in [-0.25, -0.2) is 17.4 Å². The molecule has 0 unspecified atom stereocenters. The minimum absolute atomic E-state index is 0. The van der Waals surface area contributed by atoms with Crippen molar-refractivity contribution in [3.8, 4) is 11.3 Å². The number of rotatable bonds is 4. The fraction of sp³-hybridized carbons (Fsp3) is 0.0625. The first-order chi connectivity index (χ1) is 11.5. The van der Waals surface area contributed by atoms with Crippen LogP contribution < -0.4 is 29.6 Å². The van der Waals surface area contributed by atoms with Crippen LogP contribution in [0.4, 0.5) is 4.39 Å². The fourth-order valence-electron chi connectivity index (χ4n) is 2.39. The summed E-state index contributed by atoms with van der Waals surface area (Å²) in [4.78, 5) is 18.5. The summed E-state index contributed by atoms with van der Waals surface area (Å²) in [7, 11) is -4.05. The van der Waals surface area contributed by atoms with Crippen molar-refractivity contribution in [2.75, 3.05) is 0 Å². The average Bonchev–Trinajstić information content (AvgIpc) is 2.93. The number of aromatic nitrogens is 3. The van der Waals surface area contributed by atoms with Crippen LogP contribution in [-0.2, 0) is 10.0 Å². The minimum Gasteiger partial charge on any atom is -1.00 e. The molecule has 0 aliphatic heterocycles. The van der Waals surface area contributed by atoms with Crippen molar-refractivity contribution in [1.29, 1.82) is 0 Å². The minimum atomic E-state index is -4.05. The molecular weight excluding hydrogens is 356 g/mol. The predicted octanol–water partition coefficient (Wildman–Crippen LogP) is -0.441. The zero-order chi connectivity index (χ0) is 17.3. The molecule has 0 fully saturated rings. The van der Waals surface area contributed by atoms with E-state index >= 15 is 0 Å². The molecule has 6 nitrogen and oxygen atoms in total. The maximum absolute atomic E-state index is 14.1. The Morgan fingerprint density at radius 3 is 2.56 bits per heavy atom. The Morgan fingerprint density at radius 1 is 1.24 bits per heavy atom. The number of carbonyl (C=O) groups is 1. The Morgan fingerprint density at radius 2 is 1.96 bits per heavy atom. The van der Waals surface area contributed by atoms with Crippen molar-refractivity contribution in [3.05, 3.63) is 66.1 Å². The first-order valence-corrected chi connectivity index (χ1v) is 8.34. The zero-order valence-corrected chi connectivity index (χ0v) is 16.4. The molecule has 0 bridgehead atoms. The topological polar surface area (TPSA) is 81.9 Å². The van der Waals surface area contributed by atoms with Gasteiger partial charge in [0.1, 0.15) is 4.90 Å². The molecule has 0 amide bonds. The molecule has 9 heteroatoms. The summed E-state index contributed by atoms with van der Waals surface area (Å²) in [5, 5.41) is 0. The van der Waals surface area contributed by atoms with Crippen LogP contribution in [0.15, 0.2) is 53.9 Å². The van der Waals surface area contributed by atoms with E-state index in [9.17, 15) is 17.6 Å². The van der Waals surface area contributed by atoms with E-state index in [-0.39, 0.29) is 52.7 Å². The number of halogens is 1. The molecular formula is C16H13FN3NaO3S. The van der Waals surface area contributed by atoms with Crippen LogP contribution >= 0.6 is 0 Å². The number of aldehydes is 1. The van der Waals surface area contributed by atoms with Gasteiger partial charge in [-0.2, -0.15) is 4.39 Å². The van der Waals surface area contributed by atoms with Crippen LogP contribution in [0.3, 0.4) is 0 Å². The normalized spacial score (nSPS) is 11.0. The molecule has 0 N–H and O–H groups in total. The van der Waals surface area contributed by atoms with Crippen LogP contribution in [-0.4, -0.2) is 28.6 Å². The van der Waals surface area contributed by atoms with E-state index in [0.29, 0.717) is 11.8 Å². The maximum Gasteiger partial charge on any atom is 1.00 e. The number of hydrogen-bond donors (Lipinski definition) is 0. The molecule has 0 atom stereocenters. The number of nitrogens with zero attached hydrogens (tertiary/aromatic N) is 3. The fourth-order valence-corrected chi connectivity index (χ4v) is 3.79. The van der Waals surface area contributed by atoms with Crippen LogP contribution in [0.25, 0.3) is 11.3 Å². The number of carbonyl (C=O) groups excluding carboxylic acids is 1. The Labute approximate surface area is 167 Å². The molecule has 0 radical (unpaired) electrons. The van der Waals surface area contributed by atoms with Gasteiger partial charge >= 0.3 is 29.6 Å². The third kappa shape index (κ3) is 3.43. The first kappa shape index (κ1) is 19.5. The van der Waals surface area contributed by atoms with E-state index < -0.39 is 16.0 Å². The molecule has 0 saturated carbocycles. The van der Waals surface area contributed by atoms with Crippen molar-refractivity contribution >= 4 is 16.3 Å². The molecule has 0 aromatic carbocycles. The molecule has 0 spiro atoms. The van der Waals surface area contributed by atoms with E-state index in [4.69, 9.17) is 0 Å². The third-order valence-electron chi connectivity index (χ3n) is 3.60. The number of pyridine rings is 2. The van der Waals surface area contributed by atoms with Gasteiger partial charge in [-0.15, -0.1) is 0 Å². The summed E-state index contributed by atoms with van der Waals surface area (Å²) in [6.07, 6.45) is 5.60. The van der Waals surface area contributed by atoms with Crippen molar-refractivity contribution in [2.45, 2.75) is 11.8 Å². The van der Waals surface area contributed by atoms with Crippen molar-refractivity contribution in [3.63, 3.8) is 0 Å². The summed E-state index contributed by atoms with van der Waals surface area (Å²) in [6, 6.07) is 5.76. The van der Waals surface area contributed by atoms with E-state index in [1.807, 2.05) is 0 Å². The van der Waals surface area contributed by atoms with Gasteiger partial charge in [0.15, 0.2) is 6.29 Å².